The van der Waals surface area contributed by atoms with Crippen LogP contribution in [0.15, 0.2) is 36.9 Å². The molecule has 0 bridgehead atoms. The van der Waals surface area contributed by atoms with Gasteiger partial charge in [-0.3, -0.25) is 5.14 Å². The van der Waals surface area contributed by atoms with Crippen LogP contribution >= 0.6 is 11.9 Å². The summed E-state index contributed by atoms with van der Waals surface area (Å²) in [6.07, 6.45) is 0. The average molecular weight is 193 g/mol. The van der Waals surface area contributed by atoms with E-state index in [1.54, 1.807) is 0 Å². The lowest BCUT2D eigenvalue weighted by atomic mass is 9.96. The van der Waals surface area contributed by atoms with E-state index in [2.05, 4.69) is 32.6 Å². The van der Waals surface area contributed by atoms with Crippen molar-refractivity contribution in [3.63, 3.8) is 0 Å². The van der Waals surface area contributed by atoms with Gasteiger partial charge in [-0.1, -0.05) is 48.9 Å². The summed E-state index contributed by atoms with van der Waals surface area (Å²) in [6.45, 7) is 8.22. The van der Waals surface area contributed by atoms with Crippen LogP contribution in [-0.2, 0) is 0 Å². The molecule has 0 saturated heterocycles. The molecule has 70 valence electrons. The maximum absolute atomic E-state index is 5.60. The molecule has 0 atom stereocenters. The molecule has 0 aliphatic rings. The molecule has 0 spiro atoms. The third-order valence-corrected chi connectivity index (χ3v) is 2.98. The Hall–Kier alpha value is -0.730. The molecular weight excluding hydrogens is 178 g/mol. The van der Waals surface area contributed by atoms with E-state index < -0.39 is 0 Å². The van der Waals surface area contributed by atoms with E-state index in [9.17, 15) is 0 Å². The Kier molecular flexibility index (Phi) is 3.17. The van der Waals surface area contributed by atoms with Gasteiger partial charge in [0, 0.05) is 4.75 Å². The molecule has 0 unspecified atom stereocenters. The quantitative estimate of drug-likeness (QED) is 0.746. The van der Waals surface area contributed by atoms with E-state index in [0.29, 0.717) is 0 Å². The molecule has 0 aliphatic carbocycles. The Morgan fingerprint density at radius 1 is 1.31 bits per heavy atom. The molecule has 0 saturated carbocycles. The van der Waals surface area contributed by atoms with Crippen LogP contribution in [0.25, 0.3) is 5.57 Å². The molecule has 0 amide bonds. The fourth-order valence-corrected chi connectivity index (χ4v) is 1.32. The SMILES string of the molecule is C=C(c1ccccc1)C(C)(C)SN. The smallest absolute Gasteiger partial charge is 0.0494 e. The summed E-state index contributed by atoms with van der Waals surface area (Å²) >= 11 is 1.33. The predicted molar refractivity (Wildman–Crippen MR) is 61.3 cm³/mol. The Morgan fingerprint density at radius 3 is 2.31 bits per heavy atom. The van der Waals surface area contributed by atoms with Crippen LogP contribution in [0.4, 0.5) is 0 Å². The first kappa shape index (κ1) is 10.4. The molecule has 0 heterocycles. The van der Waals surface area contributed by atoms with Gasteiger partial charge in [-0.25, -0.2) is 0 Å². The van der Waals surface area contributed by atoms with E-state index in [4.69, 9.17) is 5.14 Å². The van der Waals surface area contributed by atoms with Crippen LogP contribution in [0.1, 0.15) is 19.4 Å². The van der Waals surface area contributed by atoms with Crippen LogP contribution in [0.3, 0.4) is 0 Å². The van der Waals surface area contributed by atoms with E-state index >= 15 is 0 Å². The normalized spacial score (nSPS) is 11.3. The number of benzene rings is 1. The molecule has 1 rings (SSSR count). The van der Waals surface area contributed by atoms with Crippen LogP contribution in [0, 0.1) is 0 Å². The second-order valence-electron chi connectivity index (χ2n) is 3.47. The van der Waals surface area contributed by atoms with Gasteiger partial charge in [0.25, 0.3) is 0 Å². The van der Waals surface area contributed by atoms with Gasteiger partial charge in [0.05, 0.1) is 0 Å². The number of hydrogen-bond donors (Lipinski definition) is 1. The molecule has 1 aromatic carbocycles. The first-order chi connectivity index (χ1) is 6.08. The third-order valence-electron chi connectivity index (χ3n) is 2.14. The molecule has 0 aromatic heterocycles. The molecule has 1 aromatic rings. The van der Waals surface area contributed by atoms with Gasteiger partial charge in [-0.05, 0) is 25.0 Å². The summed E-state index contributed by atoms with van der Waals surface area (Å²) in [6, 6.07) is 10.1. The second-order valence-corrected chi connectivity index (χ2v) is 4.73. The van der Waals surface area contributed by atoms with Crippen molar-refractivity contribution in [3.8, 4) is 0 Å². The van der Waals surface area contributed by atoms with Crippen molar-refractivity contribution in [1.82, 2.24) is 0 Å². The van der Waals surface area contributed by atoms with Crippen molar-refractivity contribution in [3.05, 3.63) is 42.5 Å². The topological polar surface area (TPSA) is 26.0 Å². The van der Waals surface area contributed by atoms with Crippen molar-refractivity contribution in [2.24, 2.45) is 5.14 Å². The minimum absolute atomic E-state index is 0.0959. The highest BCUT2D eigenvalue weighted by atomic mass is 32.2. The standard InChI is InChI=1S/C11H15NS/c1-9(11(2,3)13-12)10-7-5-4-6-8-10/h4-8H,1,12H2,2-3H3. The van der Waals surface area contributed by atoms with Crippen LogP contribution in [0.2, 0.25) is 0 Å². The fraction of sp³-hybridized carbons (Fsp3) is 0.273. The van der Waals surface area contributed by atoms with Gasteiger partial charge in [0.2, 0.25) is 0 Å². The molecule has 1 nitrogen and oxygen atoms in total. The summed E-state index contributed by atoms with van der Waals surface area (Å²) in [5, 5.41) is 5.60. The summed E-state index contributed by atoms with van der Waals surface area (Å²) in [5.41, 5.74) is 2.23. The summed E-state index contributed by atoms with van der Waals surface area (Å²) in [4.78, 5) is 0. The monoisotopic (exact) mass is 193 g/mol. The van der Waals surface area contributed by atoms with E-state index in [0.717, 1.165) is 11.1 Å². The van der Waals surface area contributed by atoms with Crippen molar-refractivity contribution < 1.29 is 0 Å². The highest BCUT2D eigenvalue weighted by molar-refractivity contribution is 7.98. The number of hydrogen-bond acceptors (Lipinski definition) is 2. The van der Waals surface area contributed by atoms with Gasteiger partial charge in [-0.2, -0.15) is 0 Å². The average Bonchev–Trinajstić information content (AvgIpc) is 2.18. The lowest BCUT2D eigenvalue weighted by Crippen LogP contribution is -2.18. The van der Waals surface area contributed by atoms with Gasteiger partial charge in [-0.15, -0.1) is 0 Å². The van der Waals surface area contributed by atoms with Crippen molar-refractivity contribution >= 4 is 17.5 Å². The fourth-order valence-electron chi connectivity index (χ4n) is 1.06. The van der Waals surface area contributed by atoms with Crippen molar-refractivity contribution in [1.29, 1.82) is 0 Å². The Morgan fingerprint density at radius 2 is 1.85 bits per heavy atom. The lowest BCUT2D eigenvalue weighted by molar-refractivity contribution is 0.924. The zero-order valence-electron chi connectivity index (χ0n) is 8.08. The largest absolute Gasteiger partial charge is 0.277 e. The Balaban J connectivity index is 2.93. The van der Waals surface area contributed by atoms with Gasteiger partial charge in [0.15, 0.2) is 0 Å². The van der Waals surface area contributed by atoms with E-state index in [1.807, 2.05) is 18.2 Å². The highest BCUT2D eigenvalue weighted by Gasteiger charge is 2.21. The number of nitrogens with two attached hydrogens (primary N) is 1. The molecule has 0 radical (unpaired) electrons. The van der Waals surface area contributed by atoms with Gasteiger partial charge < -0.3 is 0 Å². The second kappa shape index (κ2) is 3.99. The first-order valence-corrected chi connectivity index (χ1v) is 5.08. The van der Waals surface area contributed by atoms with Gasteiger partial charge in [0.1, 0.15) is 0 Å². The van der Waals surface area contributed by atoms with E-state index in [1.165, 1.54) is 11.9 Å². The zero-order chi connectivity index (χ0) is 9.90. The molecule has 13 heavy (non-hydrogen) atoms. The minimum Gasteiger partial charge on any atom is -0.277 e. The van der Waals surface area contributed by atoms with Crippen molar-refractivity contribution in [2.75, 3.05) is 0 Å². The van der Waals surface area contributed by atoms with Crippen LogP contribution in [0.5, 0.6) is 0 Å². The zero-order valence-corrected chi connectivity index (χ0v) is 8.90. The lowest BCUT2D eigenvalue weighted by Gasteiger charge is -2.24. The summed E-state index contributed by atoms with van der Waals surface area (Å²) < 4.78 is -0.0959. The summed E-state index contributed by atoms with van der Waals surface area (Å²) in [7, 11) is 0. The van der Waals surface area contributed by atoms with E-state index in [-0.39, 0.29) is 4.75 Å². The van der Waals surface area contributed by atoms with Crippen molar-refractivity contribution in [2.45, 2.75) is 18.6 Å². The van der Waals surface area contributed by atoms with Crippen LogP contribution in [-0.4, -0.2) is 4.75 Å². The first-order valence-electron chi connectivity index (χ1n) is 4.20. The Labute approximate surface area is 84.2 Å². The molecule has 0 aliphatic heterocycles. The molecular formula is C11H15NS. The summed E-state index contributed by atoms with van der Waals surface area (Å²) in [5.74, 6) is 0. The maximum Gasteiger partial charge on any atom is 0.0494 e. The van der Waals surface area contributed by atoms with Gasteiger partial charge >= 0.3 is 0 Å². The maximum atomic E-state index is 5.60. The van der Waals surface area contributed by atoms with Crippen LogP contribution < -0.4 is 5.14 Å². The minimum atomic E-state index is -0.0959. The number of rotatable bonds is 3. The predicted octanol–water partition coefficient (Wildman–Crippen LogP) is 3.09. The Bertz CT molecular complexity index is 290. The molecule has 2 N–H and O–H groups in total. The molecule has 2 heteroatoms. The molecule has 0 fully saturated rings. The third kappa shape index (κ3) is 2.36. The highest BCUT2D eigenvalue weighted by Crippen LogP contribution is 2.33.